The Bertz CT molecular complexity index is 4190. The van der Waals surface area contributed by atoms with E-state index >= 15 is 0 Å². The van der Waals surface area contributed by atoms with Gasteiger partial charge in [0.25, 0.3) is 38.8 Å². The number of hydrogen-bond acceptors (Lipinski definition) is 24. The Labute approximate surface area is 535 Å². The zero-order chi connectivity index (χ0) is 57.0. The van der Waals surface area contributed by atoms with E-state index in [0.29, 0.717) is 29.8 Å². The van der Waals surface area contributed by atoms with E-state index in [1.165, 1.54) is 48.5 Å². The molecule has 0 fully saturated rings. The summed E-state index contributed by atoms with van der Waals surface area (Å²) >= 11 is 0. The molecule has 8 rings (SSSR count). The number of fused-ring (bicyclic) bond motifs is 2. The number of carbonyl (C=O) groups excluding carboxylic acids is 1. The van der Waals surface area contributed by atoms with Crippen molar-refractivity contribution in [2.45, 2.75) is 9.79 Å². The molecule has 399 valence electrons. The van der Waals surface area contributed by atoms with Gasteiger partial charge in [-0.05, 0) is 81.5 Å². The largest absolute Gasteiger partial charge is 3.00 e. The molecule has 0 aromatic heterocycles. The van der Waals surface area contributed by atoms with Crippen molar-refractivity contribution in [2.24, 2.45) is 25.4 Å². The first-order valence-electron chi connectivity index (χ1n) is 21.0. The first-order chi connectivity index (χ1) is 36.7. The third kappa shape index (κ3) is 16.0. The Morgan fingerprint density at radius 2 is 0.939 bits per heavy atom. The van der Waals surface area contributed by atoms with Crippen molar-refractivity contribution >= 4 is 110 Å². The fraction of sp³-hybridized carbons (Fsp3) is 0. The first-order valence-corrected chi connectivity index (χ1v) is 23.9. The standard InChI is InChI=1S/2C23H15N5O10S.Cr.3Na/c2*29-21-16-7-6-14(24-23(31)12-4-2-1-3-5-12)8-13(16)9-19(39(36,37)38)20(21)26-25-17-10-15(27(32)33)11-18(22(17)30)28(34)35;;;;/h2*1-11,29-30H,(H,24,31)(H,36,37,38);;;;/q;;+3;3*+1/p-6. The molecule has 0 aliphatic rings. The zero-order valence-corrected chi connectivity index (χ0v) is 50.6. The van der Waals surface area contributed by atoms with Gasteiger partial charge in [0.1, 0.15) is 15.0 Å². The molecular formula is C46H24CrN10Na3O20S2. The molecule has 0 heterocycles. The number of nitrogens with one attached hydrogen (secondary N) is 1. The average Bonchev–Trinajstić information content (AvgIpc) is 3.51. The summed E-state index contributed by atoms with van der Waals surface area (Å²) in [4.78, 5) is 54.1. The molecule has 0 saturated carbocycles. The quantitative estimate of drug-likeness (QED) is 0.0213. The molecule has 0 unspecified atom stereocenters. The number of nitro groups is 4. The molecule has 36 heteroatoms. The maximum atomic E-state index is 13.1. The predicted molar refractivity (Wildman–Crippen MR) is 258 cm³/mol. The van der Waals surface area contributed by atoms with Gasteiger partial charge >= 0.3 is 106 Å². The molecule has 0 saturated heterocycles. The molecule has 0 bridgehead atoms. The molecule has 0 aliphatic carbocycles. The molecule has 8 aromatic carbocycles. The minimum atomic E-state index is -5.38. The van der Waals surface area contributed by atoms with E-state index in [1.807, 2.05) is 0 Å². The van der Waals surface area contributed by atoms with Crippen molar-refractivity contribution in [2.75, 3.05) is 5.32 Å². The number of carbonyl (C=O) groups is 1. The fourth-order valence-corrected chi connectivity index (χ4v) is 8.24. The van der Waals surface area contributed by atoms with Crippen LogP contribution in [-0.2, 0) is 37.6 Å². The second-order valence-corrected chi connectivity index (χ2v) is 18.3. The van der Waals surface area contributed by atoms with Crippen LogP contribution in [0.4, 0.5) is 56.9 Å². The molecule has 0 atom stereocenters. The maximum absolute atomic E-state index is 13.1. The summed E-state index contributed by atoms with van der Waals surface area (Å²) in [6.45, 7) is 0. The number of anilines is 1. The molecule has 82 heavy (non-hydrogen) atoms. The van der Waals surface area contributed by atoms with Crippen LogP contribution in [0.2, 0.25) is 0 Å². The van der Waals surface area contributed by atoms with Gasteiger partial charge in [0, 0.05) is 34.9 Å². The number of nitrogens with zero attached hydrogens (tertiary/aromatic N) is 9. The second-order valence-electron chi connectivity index (χ2n) is 15.5. The summed E-state index contributed by atoms with van der Waals surface area (Å²) in [5.74, 6) is -6.09. The van der Waals surface area contributed by atoms with Crippen LogP contribution in [0.15, 0.2) is 169 Å². The van der Waals surface area contributed by atoms with Crippen molar-refractivity contribution in [3.63, 3.8) is 0 Å². The molecule has 2 N–H and O–H groups in total. The number of hydrogen-bond donors (Lipinski definition) is 2. The number of azo groups is 2. The van der Waals surface area contributed by atoms with Gasteiger partial charge in [-0.1, -0.05) is 72.2 Å². The number of rotatable bonds is 14. The summed E-state index contributed by atoms with van der Waals surface area (Å²) < 4.78 is 69.7. The molecule has 30 nitrogen and oxygen atoms in total. The van der Waals surface area contributed by atoms with Gasteiger partial charge in [0.15, 0.2) is 0 Å². The summed E-state index contributed by atoms with van der Waals surface area (Å²) in [6.07, 6.45) is 0. The van der Waals surface area contributed by atoms with Crippen LogP contribution in [0.1, 0.15) is 15.9 Å². The van der Waals surface area contributed by atoms with E-state index in [-0.39, 0.29) is 145 Å². The van der Waals surface area contributed by atoms with Gasteiger partial charge < -0.3 is 35.4 Å². The van der Waals surface area contributed by atoms with Crippen LogP contribution < -0.4 is 120 Å². The summed E-state index contributed by atoms with van der Waals surface area (Å²) in [5.41, 5.74) is -7.22. The van der Waals surface area contributed by atoms with Crippen LogP contribution in [0.5, 0.6) is 23.0 Å². The minimum Gasteiger partial charge on any atom is -0.871 e. The van der Waals surface area contributed by atoms with Crippen molar-refractivity contribution in [1.29, 1.82) is 0 Å². The number of nitro benzene ring substituents is 4. The van der Waals surface area contributed by atoms with Gasteiger partial charge in [0.05, 0.1) is 65.2 Å². The topological polar surface area (TPSA) is 490 Å². The van der Waals surface area contributed by atoms with E-state index in [4.69, 9.17) is 0 Å². The van der Waals surface area contributed by atoms with Crippen LogP contribution in [0, 0.1) is 40.5 Å². The number of non-ortho nitro benzene ring substituents is 2. The van der Waals surface area contributed by atoms with E-state index in [0.717, 1.165) is 12.1 Å². The number of benzene rings is 8. The fourth-order valence-electron chi connectivity index (χ4n) is 6.95. The smallest absolute Gasteiger partial charge is 0.871 e. The van der Waals surface area contributed by atoms with E-state index in [2.05, 4.69) is 30.8 Å². The Hall–Kier alpha value is -7.43. The average molecular weight is 1220 g/mol. The summed E-state index contributed by atoms with van der Waals surface area (Å²) in [6, 6.07) is 27.2. The van der Waals surface area contributed by atoms with Crippen LogP contribution >= 0.6 is 0 Å². The SMILES string of the molecule is O=C(Nc1ccc2c([O-])c(N=Nc3cc([N+](=O)[O-])cc([N+](=O)[O-])c3[O-])c(S(=O)(=O)O)cc2c1)c1ccccc1.O=[N+]([O-])c1cc(N=Nc2c(S(=O)(=O)[O-])cc3cc(N=C([O-])c4ccccc4)ccc3c2[O-])c([O-])c([N+](=O)[O-])c1.[Cr+3].[Na+].[Na+].[Na+]. The van der Waals surface area contributed by atoms with Gasteiger partial charge in [-0.15, -0.1) is 10.2 Å². The first kappa shape index (κ1) is 68.8. The third-order valence-electron chi connectivity index (χ3n) is 10.5. The van der Waals surface area contributed by atoms with Crippen molar-refractivity contribution in [3.05, 3.63) is 185 Å². The van der Waals surface area contributed by atoms with E-state index in [1.54, 1.807) is 48.5 Å². The predicted octanol–water partition coefficient (Wildman–Crippen LogP) is -2.71. The van der Waals surface area contributed by atoms with Crippen LogP contribution in [0.25, 0.3) is 21.5 Å². The van der Waals surface area contributed by atoms with Crippen molar-refractivity contribution < 1.29 is 182 Å². The maximum Gasteiger partial charge on any atom is 3.00 e. The molecule has 1 amide bonds. The molecule has 0 spiro atoms. The van der Waals surface area contributed by atoms with E-state index in [9.17, 15) is 96.7 Å². The van der Waals surface area contributed by atoms with E-state index < -0.39 is 130 Å². The summed E-state index contributed by atoms with van der Waals surface area (Å²) in [5, 5.41) is 123. The van der Waals surface area contributed by atoms with Gasteiger partial charge in [-0.2, -0.15) is 18.6 Å². The van der Waals surface area contributed by atoms with Crippen LogP contribution in [0.3, 0.4) is 0 Å². The molecule has 1 radical (unpaired) electrons. The monoisotopic (exact) mass is 1220 g/mol. The Balaban J connectivity index is 0.000000410. The second kappa shape index (κ2) is 28.5. The van der Waals surface area contributed by atoms with Gasteiger partial charge in [-0.25, -0.2) is 8.42 Å². The Morgan fingerprint density at radius 3 is 1.38 bits per heavy atom. The number of aliphatic imine (C=N–C) groups is 1. The van der Waals surface area contributed by atoms with Gasteiger partial charge in [0.2, 0.25) is 0 Å². The number of amides is 1. The van der Waals surface area contributed by atoms with Gasteiger partial charge in [-0.3, -0.25) is 54.8 Å². The molecular weight excluding hydrogens is 1200 g/mol. The van der Waals surface area contributed by atoms with Crippen molar-refractivity contribution in [3.8, 4) is 23.0 Å². The molecule has 8 aromatic rings. The normalized spacial score (nSPS) is 11.3. The van der Waals surface area contributed by atoms with Crippen molar-refractivity contribution in [1.82, 2.24) is 0 Å². The molecule has 0 aliphatic heterocycles. The zero-order valence-electron chi connectivity index (χ0n) is 41.7. The Morgan fingerprint density at radius 1 is 0.512 bits per heavy atom. The minimum absolute atomic E-state index is 0. The summed E-state index contributed by atoms with van der Waals surface area (Å²) in [7, 11) is -10.5. The van der Waals surface area contributed by atoms with Crippen LogP contribution in [-0.4, -0.2) is 57.4 Å². The third-order valence-corrected chi connectivity index (χ3v) is 12.3. The Kier molecular flexibility index (Phi) is 23.9.